The summed E-state index contributed by atoms with van der Waals surface area (Å²) in [5, 5.41) is 0. The van der Waals surface area contributed by atoms with Crippen molar-refractivity contribution in [3.05, 3.63) is 12.4 Å². The fraction of sp³-hybridized carbons (Fsp3) is 0.778. The zero-order valence-corrected chi connectivity index (χ0v) is 15.0. The van der Waals surface area contributed by atoms with E-state index in [-0.39, 0.29) is 0 Å². The van der Waals surface area contributed by atoms with Crippen molar-refractivity contribution in [2.45, 2.75) is 25.7 Å². The van der Waals surface area contributed by atoms with Gasteiger partial charge in [-0.15, -0.1) is 0 Å². The molecule has 0 radical (unpaired) electrons. The van der Waals surface area contributed by atoms with Crippen LogP contribution in [0.5, 0.6) is 0 Å². The Morgan fingerprint density at radius 3 is 1.83 bits per heavy atom. The summed E-state index contributed by atoms with van der Waals surface area (Å²) in [5.41, 5.74) is 0. The molecule has 2 fully saturated rings. The number of aromatic nitrogens is 2. The van der Waals surface area contributed by atoms with Gasteiger partial charge < -0.3 is 19.3 Å². The first-order chi connectivity index (χ1) is 11.7. The Kier molecular flexibility index (Phi) is 6.26. The zero-order valence-electron chi connectivity index (χ0n) is 15.0. The maximum Gasteiger partial charge on any atom is 0.133 e. The molecule has 0 unspecified atom stereocenters. The van der Waals surface area contributed by atoms with Crippen LogP contribution < -0.4 is 9.80 Å². The van der Waals surface area contributed by atoms with Gasteiger partial charge in [0.2, 0.25) is 0 Å². The van der Waals surface area contributed by atoms with Crippen molar-refractivity contribution in [2.24, 2.45) is 11.8 Å². The maximum atomic E-state index is 5.59. The van der Waals surface area contributed by atoms with Crippen LogP contribution >= 0.6 is 0 Å². The summed E-state index contributed by atoms with van der Waals surface area (Å²) in [6.45, 7) is 5.52. The zero-order chi connectivity index (χ0) is 16.8. The minimum absolute atomic E-state index is 0.597. The summed E-state index contributed by atoms with van der Waals surface area (Å²) in [6, 6.07) is 2.09. The largest absolute Gasteiger partial charge is 0.381 e. The quantitative estimate of drug-likeness (QED) is 0.795. The van der Waals surface area contributed by atoms with E-state index >= 15 is 0 Å². The smallest absolute Gasteiger partial charge is 0.133 e. The third kappa shape index (κ3) is 4.80. The molecule has 0 aromatic carbocycles. The third-order valence-electron chi connectivity index (χ3n) is 4.99. The third-order valence-corrected chi connectivity index (χ3v) is 4.99. The predicted molar refractivity (Wildman–Crippen MR) is 95.7 cm³/mol. The Morgan fingerprint density at radius 2 is 1.42 bits per heavy atom. The number of rotatable bonds is 6. The van der Waals surface area contributed by atoms with Crippen LogP contribution in [0.1, 0.15) is 25.7 Å². The van der Waals surface area contributed by atoms with Gasteiger partial charge in [-0.25, -0.2) is 9.97 Å². The van der Waals surface area contributed by atoms with Crippen LogP contribution in [0.15, 0.2) is 12.4 Å². The molecule has 0 N–H and O–H groups in total. The monoisotopic (exact) mass is 334 g/mol. The molecule has 0 aliphatic carbocycles. The minimum atomic E-state index is 0.597. The van der Waals surface area contributed by atoms with Crippen molar-refractivity contribution in [3.8, 4) is 0 Å². The number of ether oxygens (including phenoxy) is 2. The van der Waals surface area contributed by atoms with E-state index in [9.17, 15) is 0 Å². The molecular formula is C18H30N4O2. The molecule has 0 spiro atoms. The molecular weight excluding hydrogens is 304 g/mol. The van der Waals surface area contributed by atoms with Gasteiger partial charge in [0.1, 0.15) is 18.0 Å². The molecule has 3 rings (SSSR count). The molecule has 2 atom stereocenters. The highest BCUT2D eigenvalue weighted by Gasteiger charge is 2.19. The molecule has 6 heteroatoms. The second kappa shape index (κ2) is 8.62. The van der Waals surface area contributed by atoms with Crippen molar-refractivity contribution in [2.75, 3.05) is 63.4 Å². The molecule has 2 aliphatic heterocycles. The van der Waals surface area contributed by atoms with Crippen molar-refractivity contribution in [3.63, 3.8) is 0 Å². The maximum absolute atomic E-state index is 5.59. The van der Waals surface area contributed by atoms with Gasteiger partial charge in [0.15, 0.2) is 0 Å². The number of hydrogen-bond acceptors (Lipinski definition) is 6. The summed E-state index contributed by atoms with van der Waals surface area (Å²) in [7, 11) is 4.21. The van der Waals surface area contributed by atoms with Crippen molar-refractivity contribution in [1.82, 2.24) is 9.97 Å². The SMILES string of the molecule is CN(C[C@@H]1CCCOC1)c1cc(N(C)C[C@@H]2CCCOC2)ncn1. The highest BCUT2D eigenvalue weighted by Crippen LogP contribution is 2.22. The second-order valence-electron chi connectivity index (χ2n) is 7.16. The van der Waals surface area contributed by atoms with E-state index in [1.54, 1.807) is 6.33 Å². The van der Waals surface area contributed by atoms with E-state index in [0.29, 0.717) is 11.8 Å². The topological polar surface area (TPSA) is 50.7 Å². The van der Waals surface area contributed by atoms with Gasteiger partial charge >= 0.3 is 0 Å². The first kappa shape index (κ1) is 17.4. The predicted octanol–water partition coefficient (Wildman–Crippen LogP) is 2.20. The molecule has 3 heterocycles. The van der Waals surface area contributed by atoms with Gasteiger partial charge in [-0.3, -0.25) is 0 Å². The number of nitrogens with zero attached hydrogens (tertiary/aromatic N) is 4. The van der Waals surface area contributed by atoms with Gasteiger partial charge in [-0.1, -0.05) is 0 Å². The normalized spacial score (nSPS) is 24.6. The van der Waals surface area contributed by atoms with Gasteiger partial charge in [0, 0.05) is 46.5 Å². The highest BCUT2D eigenvalue weighted by atomic mass is 16.5. The van der Waals surface area contributed by atoms with E-state index in [1.807, 2.05) is 0 Å². The lowest BCUT2D eigenvalue weighted by atomic mass is 10.0. The van der Waals surface area contributed by atoms with Crippen LogP contribution in [0.3, 0.4) is 0 Å². The Labute approximate surface area is 145 Å². The Bertz CT molecular complexity index is 460. The lowest BCUT2D eigenvalue weighted by Crippen LogP contribution is -2.33. The van der Waals surface area contributed by atoms with Crippen LogP contribution in [-0.2, 0) is 9.47 Å². The van der Waals surface area contributed by atoms with E-state index in [0.717, 1.165) is 51.2 Å². The van der Waals surface area contributed by atoms with Crippen LogP contribution in [0, 0.1) is 11.8 Å². The standard InChI is InChI=1S/C18H30N4O2/c1-21(10-15-5-3-7-23-12-15)17-9-18(20-14-19-17)22(2)11-16-6-4-8-24-13-16/h9,14-16H,3-8,10-13H2,1-2H3/t15-,16-/m0/s1. The van der Waals surface area contributed by atoms with Crippen LogP contribution in [0.25, 0.3) is 0 Å². The first-order valence-corrected chi connectivity index (χ1v) is 9.12. The lowest BCUT2D eigenvalue weighted by molar-refractivity contribution is 0.0575. The lowest BCUT2D eigenvalue weighted by Gasteiger charge is -2.29. The van der Waals surface area contributed by atoms with Gasteiger partial charge in [-0.05, 0) is 37.5 Å². The molecule has 2 saturated heterocycles. The summed E-state index contributed by atoms with van der Waals surface area (Å²) < 4.78 is 11.2. The Morgan fingerprint density at radius 1 is 0.917 bits per heavy atom. The van der Waals surface area contributed by atoms with Crippen LogP contribution in [0.4, 0.5) is 11.6 Å². The van der Waals surface area contributed by atoms with E-state index in [2.05, 4.69) is 39.9 Å². The molecule has 6 nitrogen and oxygen atoms in total. The van der Waals surface area contributed by atoms with Gasteiger partial charge in [0.05, 0.1) is 13.2 Å². The molecule has 0 bridgehead atoms. The Balaban J connectivity index is 1.57. The van der Waals surface area contributed by atoms with Gasteiger partial charge in [0.25, 0.3) is 0 Å². The summed E-state index contributed by atoms with van der Waals surface area (Å²) in [4.78, 5) is 13.4. The molecule has 0 saturated carbocycles. The summed E-state index contributed by atoms with van der Waals surface area (Å²) in [5.74, 6) is 3.16. The molecule has 24 heavy (non-hydrogen) atoms. The Hall–Kier alpha value is -1.40. The molecule has 1 aromatic rings. The fourth-order valence-corrected chi connectivity index (χ4v) is 3.62. The highest BCUT2D eigenvalue weighted by molar-refractivity contribution is 5.49. The van der Waals surface area contributed by atoms with Crippen molar-refractivity contribution in [1.29, 1.82) is 0 Å². The molecule has 2 aliphatic rings. The summed E-state index contributed by atoms with van der Waals surface area (Å²) in [6.07, 6.45) is 6.49. The first-order valence-electron chi connectivity index (χ1n) is 9.12. The van der Waals surface area contributed by atoms with Crippen LogP contribution in [0.2, 0.25) is 0 Å². The van der Waals surface area contributed by atoms with Crippen molar-refractivity contribution >= 4 is 11.6 Å². The fourth-order valence-electron chi connectivity index (χ4n) is 3.62. The summed E-state index contributed by atoms with van der Waals surface area (Å²) >= 11 is 0. The van der Waals surface area contributed by atoms with E-state index in [4.69, 9.17) is 9.47 Å². The molecule has 134 valence electrons. The average Bonchev–Trinajstić information content (AvgIpc) is 2.63. The number of hydrogen-bond donors (Lipinski definition) is 0. The number of anilines is 2. The molecule has 1 aromatic heterocycles. The van der Waals surface area contributed by atoms with Crippen molar-refractivity contribution < 1.29 is 9.47 Å². The molecule has 0 amide bonds. The van der Waals surface area contributed by atoms with Gasteiger partial charge in [-0.2, -0.15) is 0 Å². The van der Waals surface area contributed by atoms with E-state index in [1.165, 1.54) is 25.7 Å². The average molecular weight is 334 g/mol. The second-order valence-corrected chi connectivity index (χ2v) is 7.16. The minimum Gasteiger partial charge on any atom is -0.381 e. The van der Waals surface area contributed by atoms with E-state index < -0.39 is 0 Å². The van der Waals surface area contributed by atoms with Crippen LogP contribution in [-0.4, -0.2) is 63.6 Å².